The molecule has 0 aliphatic carbocycles. The van der Waals surface area contributed by atoms with Crippen LogP contribution in [-0.2, 0) is 4.79 Å². The smallest absolute Gasteiger partial charge is 0.226 e. The van der Waals surface area contributed by atoms with Crippen molar-refractivity contribution in [2.75, 3.05) is 23.8 Å². The molecular weight excluding hydrogens is 344 g/mol. The zero-order valence-electron chi connectivity index (χ0n) is 12.4. The van der Waals surface area contributed by atoms with Crippen LogP contribution in [-0.4, -0.2) is 19.1 Å². The van der Waals surface area contributed by atoms with Crippen LogP contribution in [0.2, 0.25) is 0 Å². The Morgan fingerprint density at radius 2 is 2.00 bits per heavy atom. The molecule has 2 aromatic carbocycles. The van der Waals surface area contributed by atoms with E-state index < -0.39 is 0 Å². The van der Waals surface area contributed by atoms with Crippen molar-refractivity contribution in [2.24, 2.45) is 0 Å². The molecule has 0 saturated heterocycles. The highest BCUT2D eigenvalue weighted by Crippen LogP contribution is 2.23. The Kier molecular flexibility index (Phi) is 6.27. The van der Waals surface area contributed by atoms with Gasteiger partial charge in [0.15, 0.2) is 0 Å². The first-order valence-electron chi connectivity index (χ1n) is 7.20. The molecule has 5 heteroatoms. The minimum absolute atomic E-state index is 0.0466. The number of carbonyl (C=O) groups is 1. The number of para-hydroxylation sites is 2. The van der Waals surface area contributed by atoms with Crippen molar-refractivity contribution in [1.29, 1.82) is 0 Å². The monoisotopic (exact) mass is 362 g/mol. The fraction of sp³-hybridized carbons (Fsp3) is 0.235. The Hall–Kier alpha value is -2.01. The summed E-state index contributed by atoms with van der Waals surface area (Å²) in [6.07, 6.45) is 0.382. The van der Waals surface area contributed by atoms with Crippen molar-refractivity contribution in [3.05, 3.63) is 53.0 Å². The molecule has 116 valence electrons. The number of carbonyl (C=O) groups excluding carboxylic acids is 1. The molecule has 22 heavy (non-hydrogen) atoms. The standard InChI is InChI=1S/C17H19BrN2O2/c1-2-22-16-9-4-3-8-15(16)20-17(21)10-11-19-14-7-5-6-13(18)12-14/h3-9,12,19H,2,10-11H2,1H3,(H,20,21). The first-order chi connectivity index (χ1) is 10.7. The molecule has 0 aliphatic rings. The molecule has 2 rings (SSSR count). The molecule has 0 unspecified atom stereocenters. The Labute approximate surface area is 139 Å². The summed E-state index contributed by atoms with van der Waals surface area (Å²) in [7, 11) is 0. The van der Waals surface area contributed by atoms with E-state index >= 15 is 0 Å². The van der Waals surface area contributed by atoms with E-state index in [-0.39, 0.29) is 5.91 Å². The van der Waals surface area contributed by atoms with Gasteiger partial charge in [0.2, 0.25) is 5.91 Å². The lowest BCUT2D eigenvalue weighted by Gasteiger charge is -2.11. The van der Waals surface area contributed by atoms with Gasteiger partial charge in [-0.2, -0.15) is 0 Å². The highest BCUT2D eigenvalue weighted by Gasteiger charge is 2.07. The number of hydrogen-bond donors (Lipinski definition) is 2. The minimum Gasteiger partial charge on any atom is -0.492 e. The fourth-order valence-corrected chi connectivity index (χ4v) is 2.38. The molecule has 0 bridgehead atoms. The molecule has 0 fully saturated rings. The second-order valence-electron chi connectivity index (χ2n) is 4.66. The van der Waals surface area contributed by atoms with Crippen LogP contribution in [0.5, 0.6) is 5.75 Å². The van der Waals surface area contributed by atoms with Crippen LogP contribution in [0.15, 0.2) is 53.0 Å². The van der Waals surface area contributed by atoms with Crippen LogP contribution in [0.4, 0.5) is 11.4 Å². The highest BCUT2D eigenvalue weighted by atomic mass is 79.9. The van der Waals surface area contributed by atoms with E-state index in [1.165, 1.54) is 0 Å². The van der Waals surface area contributed by atoms with Gasteiger partial charge in [-0.05, 0) is 37.3 Å². The van der Waals surface area contributed by atoms with Crippen molar-refractivity contribution in [3.63, 3.8) is 0 Å². The van der Waals surface area contributed by atoms with Gasteiger partial charge < -0.3 is 15.4 Å². The Balaban J connectivity index is 1.83. The Morgan fingerprint density at radius 3 is 2.77 bits per heavy atom. The van der Waals surface area contributed by atoms with E-state index in [0.717, 1.165) is 10.2 Å². The molecule has 0 heterocycles. The van der Waals surface area contributed by atoms with Gasteiger partial charge in [0.1, 0.15) is 5.75 Å². The van der Waals surface area contributed by atoms with Crippen molar-refractivity contribution < 1.29 is 9.53 Å². The molecule has 4 nitrogen and oxygen atoms in total. The van der Waals surface area contributed by atoms with E-state index in [1.54, 1.807) is 0 Å². The molecule has 0 aromatic heterocycles. The van der Waals surface area contributed by atoms with E-state index in [0.29, 0.717) is 31.0 Å². The molecule has 2 N–H and O–H groups in total. The van der Waals surface area contributed by atoms with Gasteiger partial charge in [0, 0.05) is 23.1 Å². The zero-order chi connectivity index (χ0) is 15.8. The Morgan fingerprint density at radius 1 is 1.18 bits per heavy atom. The summed E-state index contributed by atoms with van der Waals surface area (Å²) in [5.41, 5.74) is 1.69. The summed E-state index contributed by atoms with van der Waals surface area (Å²) in [6, 6.07) is 15.3. The lowest BCUT2D eigenvalue weighted by Crippen LogP contribution is -2.16. The summed E-state index contributed by atoms with van der Waals surface area (Å²) in [5, 5.41) is 6.10. The second kappa shape index (κ2) is 8.44. The third kappa shape index (κ3) is 5.07. The van der Waals surface area contributed by atoms with E-state index in [9.17, 15) is 4.79 Å². The highest BCUT2D eigenvalue weighted by molar-refractivity contribution is 9.10. The van der Waals surface area contributed by atoms with Crippen LogP contribution in [0, 0.1) is 0 Å². The van der Waals surface area contributed by atoms with E-state index in [4.69, 9.17) is 4.74 Å². The number of hydrogen-bond acceptors (Lipinski definition) is 3. The number of anilines is 2. The fourth-order valence-electron chi connectivity index (χ4n) is 1.98. The van der Waals surface area contributed by atoms with Gasteiger partial charge in [-0.3, -0.25) is 4.79 Å². The average Bonchev–Trinajstić information content (AvgIpc) is 2.49. The van der Waals surface area contributed by atoms with Gasteiger partial charge in [0.25, 0.3) is 0 Å². The van der Waals surface area contributed by atoms with Crippen LogP contribution in [0.1, 0.15) is 13.3 Å². The van der Waals surface area contributed by atoms with Crippen molar-refractivity contribution in [1.82, 2.24) is 0 Å². The lowest BCUT2D eigenvalue weighted by molar-refractivity contribution is -0.116. The quantitative estimate of drug-likeness (QED) is 0.772. The van der Waals surface area contributed by atoms with Crippen molar-refractivity contribution in [2.45, 2.75) is 13.3 Å². The third-order valence-electron chi connectivity index (χ3n) is 2.97. The lowest BCUT2D eigenvalue weighted by atomic mass is 10.2. The normalized spacial score (nSPS) is 10.1. The van der Waals surface area contributed by atoms with Crippen LogP contribution < -0.4 is 15.4 Å². The largest absolute Gasteiger partial charge is 0.492 e. The maximum absolute atomic E-state index is 12.0. The number of rotatable bonds is 7. The SMILES string of the molecule is CCOc1ccccc1NC(=O)CCNc1cccc(Br)c1. The summed E-state index contributed by atoms with van der Waals surface area (Å²) < 4.78 is 6.50. The average molecular weight is 363 g/mol. The summed E-state index contributed by atoms with van der Waals surface area (Å²) in [6.45, 7) is 3.05. The summed E-state index contributed by atoms with van der Waals surface area (Å²) in [4.78, 5) is 12.0. The maximum atomic E-state index is 12.0. The zero-order valence-corrected chi connectivity index (χ0v) is 14.0. The first kappa shape index (κ1) is 16.4. The molecule has 0 saturated carbocycles. The second-order valence-corrected chi connectivity index (χ2v) is 5.58. The van der Waals surface area contributed by atoms with Gasteiger partial charge >= 0.3 is 0 Å². The molecule has 0 radical (unpaired) electrons. The number of amides is 1. The summed E-state index contributed by atoms with van der Waals surface area (Å²) >= 11 is 3.42. The summed E-state index contributed by atoms with van der Waals surface area (Å²) in [5.74, 6) is 0.646. The van der Waals surface area contributed by atoms with E-state index in [1.807, 2.05) is 55.5 Å². The molecule has 0 atom stereocenters. The van der Waals surface area contributed by atoms with Crippen molar-refractivity contribution in [3.8, 4) is 5.75 Å². The predicted octanol–water partition coefficient (Wildman–Crippen LogP) is 4.29. The van der Waals surface area contributed by atoms with Crippen LogP contribution >= 0.6 is 15.9 Å². The van der Waals surface area contributed by atoms with Crippen LogP contribution in [0.25, 0.3) is 0 Å². The van der Waals surface area contributed by atoms with Gasteiger partial charge in [-0.15, -0.1) is 0 Å². The molecule has 2 aromatic rings. The van der Waals surface area contributed by atoms with Gasteiger partial charge in [-0.25, -0.2) is 0 Å². The number of benzene rings is 2. The molecule has 0 spiro atoms. The first-order valence-corrected chi connectivity index (χ1v) is 7.99. The number of nitrogens with one attached hydrogen (secondary N) is 2. The molecular formula is C17H19BrN2O2. The van der Waals surface area contributed by atoms with Gasteiger partial charge in [-0.1, -0.05) is 34.1 Å². The number of halogens is 1. The van der Waals surface area contributed by atoms with Gasteiger partial charge in [0.05, 0.1) is 12.3 Å². The molecule has 0 aliphatic heterocycles. The van der Waals surface area contributed by atoms with Crippen LogP contribution in [0.3, 0.4) is 0 Å². The van der Waals surface area contributed by atoms with Crippen molar-refractivity contribution >= 4 is 33.2 Å². The predicted molar refractivity (Wildman–Crippen MR) is 93.5 cm³/mol. The minimum atomic E-state index is -0.0466. The maximum Gasteiger partial charge on any atom is 0.226 e. The third-order valence-corrected chi connectivity index (χ3v) is 3.46. The number of ether oxygens (including phenoxy) is 1. The Bertz CT molecular complexity index is 632. The molecule has 1 amide bonds. The van der Waals surface area contributed by atoms with E-state index in [2.05, 4.69) is 26.6 Å². The topological polar surface area (TPSA) is 50.4 Å².